The summed E-state index contributed by atoms with van der Waals surface area (Å²) in [4.78, 5) is 11.2. The van der Waals surface area contributed by atoms with Gasteiger partial charge < -0.3 is 4.74 Å². The van der Waals surface area contributed by atoms with E-state index in [9.17, 15) is 4.79 Å². The molecular weight excluding hydrogens is 316 g/mol. The molecule has 0 unspecified atom stereocenters. The molecule has 1 rings (SSSR count). The van der Waals surface area contributed by atoms with Crippen molar-refractivity contribution in [1.82, 2.24) is 0 Å². The Hall–Kier alpha value is -0.800. The number of rotatable bonds is 1. The second-order valence-electron chi connectivity index (χ2n) is 2.42. The summed E-state index contributed by atoms with van der Waals surface area (Å²) in [5.41, 5.74) is 0.626. The molecule has 5 heteroatoms. The van der Waals surface area contributed by atoms with E-state index in [1.807, 2.05) is 28.7 Å². The average molecular weight is 322 g/mol. The topological polar surface area (TPSA) is 50.1 Å². The predicted octanol–water partition coefficient (Wildman–Crippen LogP) is 2.60. The molecule has 0 spiro atoms. The lowest BCUT2D eigenvalue weighted by molar-refractivity contribution is 0.0601. The molecule has 0 N–H and O–H groups in total. The highest BCUT2D eigenvalue weighted by atomic mass is 127. The van der Waals surface area contributed by atoms with E-state index in [2.05, 4.69) is 4.74 Å². The molecule has 1 aromatic carbocycles. The van der Waals surface area contributed by atoms with Gasteiger partial charge in [0.2, 0.25) is 0 Å². The van der Waals surface area contributed by atoms with Crippen LogP contribution in [0, 0.1) is 14.9 Å². The van der Waals surface area contributed by atoms with Crippen molar-refractivity contribution in [3.63, 3.8) is 0 Å². The Morgan fingerprint density at radius 2 is 2.29 bits per heavy atom. The summed E-state index contributed by atoms with van der Waals surface area (Å²) in [6.07, 6.45) is 0. The number of methoxy groups -OCH3 is 1. The van der Waals surface area contributed by atoms with Crippen molar-refractivity contribution >= 4 is 40.2 Å². The van der Waals surface area contributed by atoms with Gasteiger partial charge in [-0.15, -0.1) is 0 Å². The van der Waals surface area contributed by atoms with Gasteiger partial charge in [-0.2, -0.15) is 5.26 Å². The lowest BCUT2D eigenvalue weighted by Crippen LogP contribution is -2.03. The molecular formula is C9H5ClINO2. The standard InChI is InChI=1S/C9H5ClINO2/c1-14-9(13)6-2-5(4-12)8(11)3-7(6)10/h2-3H,1H3. The molecule has 0 aliphatic rings. The zero-order valence-corrected chi connectivity index (χ0v) is 10.1. The van der Waals surface area contributed by atoms with Gasteiger partial charge in [-0.05, 0) is 34.7 Å². The van der Waals surface area contributed by atoms with E-state index in [0.29, 0.717) is 14.2 Å². The van der Waals surface area contributed by atoms with Crippen LogP contribution in [-0.2, 0) is 4.74 Å². The maximum atomic E-state index is 11.2. The first-order valence-corrected chi connectivity index (χ1v) is 5.03. The van der Waals surface area contributed by atoms with Gasteiger partial charge in [-0.1, -0.05) is 11.6 Å². The van der Waals surface area contributed by atoms with E-state index in [1.54, 1.807) is 6.07 Å². The van der Waals surface area contributed by atoms with Crippen LogP contribution in [0.15, 0.2) is 12.1 Å². The number of nitrogens with zero attached hydrogens (tertiary/aromatic N) is 1. The summed E-state index contributed by atoms with van der Waals surface area (Å²) < 4.78 is 5.23. The van der Waals surface area contributed by atoms with Crippen LogP contribution in [0.3, 0.4) is 0 Å². The molecule has 14 heavy (non-hydrogen) atoms. The van der Waals surface area contributed by atoms with Gasteiger partial charge in [-0.25, -0.2) is 4.79 Å². The Morgan fingerprint density at radius 1 is 1.64 bits per heavy atom. The Kier molecular flexibility index (Phi) is 3.72. The maximum Gasteiger partial charge on any atom is 0.339 e. The van der Waals surface area contributed by atoms with Crippen molar-refractivity contribution in [2.75, 3.05) is 7.11 Å². The van der Waals surface area contributed by atoms with Crippen LogP contribution in [0.2, 0.25) is 5.02 Å². The largest absolute Gasteiger partial charge is 0.465 e. The molecule has 0 amide bonds. The number of nitriles is 1. The zero-order valence-electron chi connectivity index (χ0n) is 7.17. The van der Waals surface area contributed by atoms with Crippen LogP contribution < -0.4 is 0 Å². The predicted molar refractivity (Wildman–Crippen MR) is 60.2 cm³/mol. The number of carbonyl (C=O) groups excluding carboxylic acids is 1. The first-order chi connectivity index (χ1) is 6.60. The van der Waals surface area contributed by atoms with E-state index >= 15 is 0 Å². The summed E-state index contributed by atoms with van der Waals surface area (Å²) in [5, 5.41) is 9.03. The highest BCUT2D eigenvalue weighted by Crippen LogP contribution is 2.23. The van der Waals surface area contributed by atoms with Gasteiger partial charge in [-0.3, -0.25) is 0 Å². The summed E-state index contributed by atoms with van der Waals surface area (Å²) in [5.74, 6) is -0.539. The van der Waals surface area contributed by atoms with Crippen molar-refractivity contribution in [3.8, 4) is 6.07 Å². The molecule has 0 radical (unpaired) electrons. The number of ether oxygens (including phenoxy) is 1. The average Bonchev–Trinajstić information content (AvgIpc) is 2.17. The van der Waals surface area contributed by atoms with Crippen molar-refractivity contribution in [3.05, 3.63) is 31.9 Å². The minimum absolute atomic E-state index is 0.214. The Labute approximate surface area is 99.8 Å². The number of hydrogen-bond acceptors (Lipinski definition) is 3. The molecule has 0 atom stereocenters. The minimum Gasteiger partial charge on any atom is -0.465 e. The molecule has 0 aromatic heterocycles. The fraction of sp³-hybridized carbons (Fsp3) is 0.111. The van der Waals surface area contributed by atoms with Gasteiger partial charge in [0.25, 0.3) is 0 Å². The van der Waals surface area contributed by atoms with E-state index in [-0.39, 0.29) is 5.56 Å². The SMILES string of the molecule is COC(=O)c1cc(C#N)c(I)cc1Cl. The lowest BCUT2D eigenvalue weighted by atomic mass is 10.1. The molecule has 3 nitrogen and oxygen atoms in total. The van der Waals surface area contributed by atoms with Crippen LogP contribution >= 0.6 is 34.2 Å². The molecule has 0 saturated heterocycles. The van der Waals surface area contributed by atoms with E-state index in [4.69, 9.17) is 16.9 Å². The molecule has 0 bridgehead atoms. The molecule has 0 saturated carbocycles. The monoisotopic (exact) mass is 321 g/mol. The molecule has 0 aliphatic carbocycles. The zero-order chi connectivity index (χ0) is 10.7. The third-order valence-electron chi connectivity index (χ3n) is 1.58. The highest BCUT2D eigenvalue weighted by molar-refractivity contribution is 14.1. The van der Waals surface area contributed by atoms with Gasteiger partial charge in [0.15, 0.2) is 0 Å². The number of halogens is 2. The fourth-order valence-corrected chi connectivity index (χ4v) is 1.91. The second kappa shape index (κ2) is 4.62. The highest BCUT2D eigenvalue weighted by Gasteiger charge is 2.13. The first kappa shape index (κ1) is 11.3. The summed E-state index contributed by atoms with van der Waals surface area (Å²) in [6.45, 7) is 0. The van der Waals surface area contributed by atoms with Crippen molar-refractivity contribution in [1.29, 1.82) is 5.26 Å². The van der Waals surface area contributed by atoms with Crippen LogP contribution in [0.4, 0.5) is 0 Å². The number of benzene rings is 1. The van der Waals surface area contributed by atoms with Gasteiger partial charge in [0, 0.05) is 3.57 Å². The van der Waals surface area contributed by atoms with E-state index in [0.717, 1.165) is 0 Å². The van der Waals surface area contributed by atoms with Crippen LogP contribution in [0.1, 0.15) is 15.9 Å². The fourth-order valence-electron chi connectivity index (χ4n) is 0.901. The van der Waals surface area contributed by atoms with Crippen molar-refractivity contribution < 1.29 is 9.53 Å². The van der Waals surface area contributed by atoms with Gasteiger partial charge in [0.05, 0.1) is 23.3 Å². The molecule has 0 heterocycles. The number of esters is 1. The van der Waals surface area contributed by atoms with Crippen LogP contribution in [0.25, 0.3) is 0 Å². The van der Waals surface area contributed by atoms with E-state index < -0.39 is 5.97 Å². The normalized spacial score (nSPS) is 9.29. The van der Waals surface area contributed by atoms with Crippen LogP contribution in [0.5, 0.6) is 0 Å². The van der Waals surface area contributed by atoms with Crippen molar-refractivity contribution in [2.45, 2.75) is 0 Å². The molecule has 0 aliphatic heterocycles. The van der Waals surface area contributed by atoms with Crippen LogP contribution in [-0.4, -0.2) is 13.1 Å². The third-order valence-corrected chi connectivity index (χ3v) is 2.79. The smallest absolute Gasteiger partial charge is 0.339 e. The first-order valence-electron chi connectivity index (χ1n) is 3.57. The number of hydrogen-bond donors (Lipinski definition) is 0. The summed E-state index contributed by atoms with van der Waals surface area (Å²) in [6, 6.07) is 4.96. The third kappa shape index (κ3) is 2.16. The summed E-state index contributed by atoms with van der Waals surface area (Å²) >= 11 is 7.80. The Bertz CT molecular complexity index is 426. The summed E-state index contributed by atoms with van der Waals surface area (Å²) in [7, 11) is 1.27. The maximum absolute atomic E-state index is 11.2. The molecule has 0 fully saturated rings. The second-order valence-corrected chi connectivity index (χ2v) is 3.98. The van der Waals surface area contributed by atoms with E-state index in [1.165, 1.54) is 13.2 Å². The Morgan fingerprint density at radius 3 is 2.79 bits per heavy atom. The lowest BCUT2D eigenvalue weighted by Gasteiger charge is -2.03. The molecule has 72 valence electrons. The van der Waals surface area contributed by atoms with Crippen molar-refractivity contribution in [2.24, 2.45) is 0 Å². The number of carbonyl (C=O) groups is 1. The Balaban J connectivity index is 3.33. The van der Waals surface area contributed by atoms with Gasteiger partial charge in [0.1, 0.15) is 6.07 Å². The molecule has 1 aromatic rings. The quantitative estimate of drug-likeness (QED) is 0.590. The van der Waals surface area contributed by atoms with Gasteiger partial charge >= 0.3 is 5.97 Å². The minimum atomic E-state index is -0.539.